The zero-order valence-electron chi connectivity index (χ0n) is 12.3. The average molecular weight is 295 g/mol. The molecule has 1 saturated heterocycles. The van der Waals surface area contributed by atoms with Gasteiger partial charge in [-0.05, 0) is 44.5 Å². The molecule has 2 rings (SSSR count). The highest BCUT2D eigenvalue weighted by Crippen LogP contribution is 2.16. The number of benzene rings is 1. The lowest BCUT2D eigenvalue weighted by Gasteiger charge is -2.29. The highest BCUT2D eigenvalue weighted by atomic mass is 19.1. The monoisotopic (exact) mass is 295 g/mol. The van der Waals surface area contributed by atoms with Crippen molar-refractivity contribution >= 4 is 5.69 Å². The number of likely N-dealkylation sites (tertiary alicyclic amines) is 1. The summed E-state index contributed by atoms with van der Waals surface area (Å²) >= 11 is 0. The number of piperidine rings is 1. The van der Waals surface area contributed by atoms with Crippen LogP contribution >= 0.6 is 0 Å². The maximum absolute atomic E-state index is 13.3. The lowest BCUT2D eigenvalue weighted by molar-refractivity contribution is -0.385. The third-order valence-electron chi connectivity index (χ3n) is 3.79. The number of rotatable bonds is 6. The molecule has 1 heterocycles. The third kappa shape index (κ3) is 5.06. The van der Waals surface area contributed by atoms with Crippen molar-refractivity contribution in [2.45, 2.75) is 38.8 Å². The Hall–Kier alpha value is -1.53. The molecule has 1 fully saturated rings. The summed E-state index contributed by atoms with van der Waals surface area (Å²) in [6.07, 6.45) is 3.82. The average Bonchev–Trinajstić information content (AvgIpc) is 2.45. The lowest BCUT2D eigenvalue weighted by atomic mass is 10.1. The van der Waals surface area contributed by atoms with Gasteiger partial charge in [0, 0.05) is 25.2 Å². The standard InChI is InChI=1S/C15H22FN3O2/c1-12(11-18-5-3-2-4-6-18)17-10-13-7-14(16)9-15(8-13)19(20)21/h7-9,12,17H,2-6,10-11H2,1H3. The number of hydrogen-bond acceptors (Lipinski definition) is 4. The van der Waals surface area contributed by atoms with Gasteiger partial charge in [-0.25, -0.2) is 4.39 Å². The van der Waals surface area contributed by atoms with E-state index in [1.54, 1.807) is 0 Å². The Morgan fingerprint density at radius 2 is 2.05 bits per heavy atom. The second kappa shape index (κ2) is 7.47. The van der Waals surface area contributed by atoms with Gasteiger partial charge in [-0.3, -0.25) is 10.1 Å². The summed E-state index contributed by atoms with van der Waals surface area (Å²) in [6.45, 7) is 5.75. The van der Waals surface area contributed by atoms with Crippen LogP contribution in [0.2, 0.25) is 0 Å². The molecule has 116 valence electrons. The van der Waals surface area contributed by atoms with Gasteiger partial charge in [0.05, 0.1) is 11.0 Å². The molecule has 21 heavy (non-hydrogen) atoms. The van der Waals surface area contributed by atoms with Crippen molar-refractivity contribution in [3.63, 3.8) is 0 Å². The van der Waals surface area contributed by atoms with Crippen molar-refractivity contribution in [1.82, 2.24) is 10.2 Å². The van der Waals surface area contributed by atoms with E-state index in [0.717, 1.165) is 25.7 Å². The molecule has 6 heteroatoms. The highest BCUT2D eigenvalue weighted by molar-refractivity contribution is 5.35. The van der Waals surface area contributed by atoms with Crippen molar-refractivity contribution in [3.05, 3.63) is 39.7 Å². The molecule has 1 aliphatic heterocycles. The van der Waals surface area contributed by atoms with Gasteiger partial charge in [0.1, 0.15) is 5.82 Å². The molecule has 0 amide bonds. The minimum absolute atomic E-state index is 0.199. The van der Waals surface area contributed by atoms with Crippen molar-refractivity contribution < 1.29 is 9.31 Å². The van der Waals surface area contributed by atoms with E-state index in [9.17, 15) is 14.5 Å². The largest absolute Gasteiger partial charge is 0.309 e. The Morgan fingerprint density at radius 3 is 2.71 bits per heavy atom. The van der Waals surface area contributed by atoms with E-state index >= 15 is 0 Å². The molecule has 0 aromatic heterocycles. The molecule has 0 spiro atoms. The van der Waals surface area contributed by atoms with Crippen LogP contribution in [-0.2, 0) is 6.54 Å². The lowest BCUT2D eigenvalue weighted by Crippen LogP contribution is -2.41. The fourth-order valence-electron chi connectivity index (χ4n) is 2.73. The van der Waals surface area contributed by atoms with E-state index in [2.05, 4.69) is 17.1 Å². The van der Waals surface area contributed by atoms with Crippen LogP contribution in [0, 0.1) is 15.9 Å². The van der Waals surface area contributed by atoms with Crippen LogP contribution in [0.5, 0.6) is 0 Å². The third-order valence-corrected chi connectivity index (χ3v) is 3.79. The topological polar surface area (TPSA) is 58.4 Å². The summed E-state index contributed by atoms with van der Waals surface area (Å²) in [5.74, 6) is -0.565. The fraction of sp³-hybridized carbons (Fsp3) is 0.600. The normalized spacial score (nSPS) is 17.6. The zero-order chi connectivity index (χ0) is 15.2. The fourth-order valence-corrected chi connectivity index (χ4v) is 2.73. The molecule has 0 radical (unpaired) electrons. The van der Waals surface area contributed by atoms with Gasteiger partial charge in [-0.2, -0.15) is 0 Å². The van der Waals surface area contributed by atoms with Crippen LogP contribution in [0.15, 0.2) is 18.2 Å². The number of nitrogens with one attached hydrogen (secondary N) is 1. The first-order valence-electron chi connectivity index (χ1n) is 7.44. The second-order valence-electron chi connectivity index (χ2n) is 5.72. The predicted molar refractivity (Wildman–Crippen MR) is 79.6 cm³/mol. The Balaban J connectivity index is 1.85. The predicted octanol–water partition coefficient (Wildman–Crippen LogP) is 2.70. The van der Waals surface area contributed by atoms with Crippen LogP contribution < -0.4 is 5.32 Å². The summed E-state index contributed by atoms with van der Waals surface area (Å²) in [7, 11) is 0. The van der Waals surface area contributed by atoms with Crippen LogP contribution in [0.3, 0.4) is 0 Å². The molecule has 0 bridgehead atoms. The molecule has 0 aliphatic carbocycles. The first-order valence-corrected chi connectivity index (χ1v) is 7.44. The van der Waals surface area contributed by atoms with Crippen molar-refractivity contribution in [2.24, 2.45) is 0 Å². The number of hydrogen-bond donors (Lipinski definition) is 1. The molecule has 1 aromatic rings. The molecular formula is C15H22FN3O2. The molecule has 1 atom stereocenters. The Morgan fingerprint density at radius 1 is 1.33 bits per heavy atom. The van der Waals surface area contributed by atoms with Gasteiger partial charge in [0.15, 0.2) is 0 Å². The Bertz CT molecular complexity index is 490. The highest BCUT2D eigenvalue weighted by Gasteiger charge is 2.14. The molecule has 1 N–H and O–H groups in total. The number of non-ortho nitro benzene ring substituents is 1. The summed E-state index contributed by atoms with van der Waals surface area (Å²) in [5, 5.41) is 14.0. The number of nitro groups is 1. The Kier molecular flexibility index (Phi) is 5.64. The molecule has 1 aromatic carbocycles. The van der Waals surface area contributed by atoms with Gasteiger partial charge in [-0.1, -0.05) is 6.42 Å². The van der Waals surface area contributed by atoms with Gasteiger partial charge < -0.3 is 10.2 Å². The van der Waals surface area contributed by atoms with Crippen LogP contribution in [0.25, 0.3) is 0 Å². The summed E-state index contributed by atoms with van der Waals surface area (Å²) < 4.78 is 13.3. The minimum Gasteiger partial charge on any atom is -0.309 e. The molecule has 1 aliphatic rings. The van der Waals surface area contributed by atoms with Gasteiger partial charge >= 0.3 is 0 Å². The van der Waals surface area contributed by atoms with E-state index in [4.69, 9.17) is 0 Å². The van der Waals surface area contributed by atoms with Gasteiger partial charge in [0.25, 0.3) is 5.69 Å². The van der Waals surface area contributed by atoms with Crippen molar-refractivity contribution in [1.29, 1.82) is 0 Å². The van der Waals surface area contributed by atoms with Gasteiger partial charge in [-0.15, -0.1) is 0 Å². The van der Waals surface area contributed by atoms with Crippen molar-refractivity contribution in [2.75, 3.05) is 19.6 Å². The molecule has 1 unspecified atom stereocenters. The maximum atomic E-state index is 13.3. The van der Waals surface area contributed by atoms with Crippen LogP contribution in [0.1, 0.15) is 31.7 Å². The van der Waals surface area contributed by atoms with E-state index < -0.39 is 10.7 Å². The van der Waals surface area contributed by atoms with Crippen LogP contribution in [-0.4, -0.2) is 35.5 Å². The van der Waals surface area contributed by atoms with E-state index in [1.807, 2.05) is 0 Å². The number of halogens is 1. The van der Waals surface area contributed by atoms with E-state index in [0.29, 0.717) is 12.1 Å². The number of nitrogens with zero attached hydrogens (tertiary/aromatic N) is 2. The second-order valence-corrected chi connectivity index (χ2v) is 5.72. The minimum atomic E-state index is -0.566. The van der Waals surface area contributed by atoms with Gasteiger partial charge in [0.2, 0.25) is 0 Å². The Labute approximate surface area is 124 Å². The summed E-state index contributed by atoms with van der Waals surface area (Å²) in [6, 6.07) is 3.98. The molecule has 5 nitrogen and oxygen atoms in total. The first kappa shape index (κ1) is 15.9. The smallest absolute Gasteiger partial charge is 0.272 e. The molecular weight excluding hydrogens is 273 g/mol. The summed E-state index contributed by atoms with van der Waals surface area (Å²) in [5.41, 5.74) is 0.405. The zero-order valence-corrected chi connectivity index (χ0v) is 12.3. The van der Waals surface area contributed by atoms with E-state index in [1.165, 1.54) is 31.4 Å². The van der Waals surface area contributed by atoms with Crippen molar-refractivity contribution in [3.8, 4) is 0 Å². The molecule has 0 saturated carbocycles. The summed E-state index contributed by atoms with van der Waals surface area (Å²) in [4.78, 5) is 12.6. The number of nitro benzene ring substituents is 1. The first-order chi connectivity index (χ1) is 10.0. The van der Waals surface area contributed by atoms with E-state index in [-0.39, 0.29) is 11.7 Å². The van der Waals surface area contributed by atoms with Crippen LogP contribution in [0.4, 0.5) is 10.1 Å². The maximum Gasteiger partial charge on any atom is 0.272 e. The quantitative estimate of drug-likeness (QED) is 0.647. The SMILES string of the molecule is CC(CN1CCCCC1)NCc1cc(F)cc([N+](=O)[O-])c1.